The van der Waals surface area contributed by atoms with E-state index in [1.54, 1.807) is 30.7 Å². The fourth-order valence-electron chi connectivity index (χ4n) is 3.18. The number of ether oxygens (including phenoxy) is 1. The fraction of sp³-hybridized carbons (Fsp3) is 0.200. The number of halogens is 1. The smallest absolute Gasteiger partial charge is 0.124 e. The summed E-state index contributed by atoms with van der Waals surface area (Å²) < 4.78 is 19.1. The van der Waals surface area contributed by atoms with E-state index < -0.39 is 0 Å². The highest BCUT2D eigenvalue weighted by molar-refractivity contribution is 5.38. The molecule has 1 N–H and O–H groups in total. The van der Waals surface area contributed by atoms with Gasteiger partial charge in [-0.05, 0) is 23.8 Å². The molecule has 0 bridgehead atoms. The summed E-state index contributed by atoms with van der Waals surface area (Å²) in [5.74, 6) is 0.654. The summed E-state index contributed by atoms with van der Waals surface area (Å²) in [5.41, 5.74) is 2.88. The molecular weight excluding hydrogens is 317 g/mol. The normalized spacial score (nSPS) is 17.4. The zero-order valence-electron chi connectivity index (χ0n) is 13.6. The lowest BCUT2D eigenvalue weighted by atomic mass is 9.96. The molecule has 1 aromatic heterocycles. The Hall–Kier alpha value is -2.79. The van der Waals surface area contributed by atoms with Crippen LogP contribution in [-0.2, 0) is 0 Å². The molecule has 1 aliphatic rings. The molecule has 5 heteroatoms. The summed E-state index contributed by atoms with van der Waals surface area (Å²) in [6.07, 6.45) is 5.92. The Balaban J connectivity index is 1.69. The minimum atomic E-state index is -0.252. The van der Waals surface area contributed by atoms with Crippen LogP contribution in [0.5, 0.6) is 5.75 Å². The van der Waals surface area contributed by atoms with E-state index in [-0.39, 0.29) is 17.9 Å². The number of para-hydroxylation sites is 1. The van der Waals surface area contributed by atoms with Gasteiger partial charge in [-0.15, -0.1) is 0 Å². The summed E-state index contributed by atoms with van der Waals surface area (Å²) in [6, 6.07) is 14.5. The third-order valence-electron chi connectivity index (χ3n) is 4.41. The largest absolute Gasteiger partial charge is 0.493 e. The van der Waals surface area contributed by atoms with Gasteiger partial charge in [-0.2, -0.15) is 0 Å². The van der Waals surface area contributed by atoms with Gasteiger partial charge in [0.2, 0.25) is 0 Å². The second kappa shape index (κ2) is 6.99. The van der Waals surface area contributed by atoms with E-state index in [0.29, 0.717) is 6.61 Å². The second-order valence-electron chi connectivity index (χ2n) is 6.01. The van der Waals surface area contributed by atoms with Crippen molar-refractivity contribution in [2.24, 2.45) is 0 Å². The molecule has 2 unspecified atom stereocenters. The molecule has 0 saturated heterocycles. The average Bonchev–Trinajstić information content (AvgIpc) is 2.68. The van der Waals surface area contributed by atoms with Crippen LogP contribution >= 0.6 is 0 Å². The van der Waals surface area contributed by atoms with Crippen LogP contribution in [0.1, 0.15) is 35.3 Å². The molecule has 0 radical (unpaired) electrons. The lowest BCUT2D eigenvalue weighted by Gasteiger charge is -2.30. The Morgan fingerprint density at radius 2 is 1.92 bits per heavy atom. The maximum Gasteiger partial charge on any atom is 0.124 e. The predicted octanol–water partition coefficient (Wildman–Crippen LogP) is 3.82. The highest BCUT2D eigenvalue weighted by Gasteiger charge is 2.26. The lowest BCUT2D eigenvalue weighted by molar-refractivity contribution is 0.247. The number of hydrogen-bond acceptors (Lipinski definition) is 4. The number of rotatable bonds is 4. The standard InChI is InChI=1S/C20H18FN3O/c21-15-7-5-14(6-8-15)20(18-13-22-10-11-23-18)24-17-9-12-25-19-4-2-1-3-16(17)19/h1-8,10-11,13,17,20,24H,9,12H2. The summed E-state index contributed by atoms with van der Waals surface area (Å²) in [7, 11) is 0. The van der Waals surface area contributed by atoms with E-state index in [0.717, 1.165) is 29.0 Å². The number of aromatic nitrogens is 2. The monoisotopic (exact) mass is 335 g/mol. The van der Waals surface area contributed by atoms with E-state index >= 15 is 0 Å². The Morgan fingerprint density at radius 1 is 1.08 bits per heavy atom. The van der Waals surface area contributed by atoms with Gasteiger partial charge in [-0.25, -0.2) is 4.39 Å². The van der Waals surface area contributed by atoms with Crippen molar-refractivity contribution in [1.82, 2.24) is 15.3 Å². The minimum absolute atomic E-state index is 0.127. The topological polar surface area (TPSA) is 47.0 Å². The van der Waals surface area contributed by atoms with Crippen LogP contribution in [0.15, 0.2) is 67.1 Å². The molecule has 4 nitrogen and oxygen atoms in total. The molecular formula is C20H18FN3O. The predicted molar refractivity (Wildman–Crippen MR) is 92.7 cm³/mol. The molecule has 3 aromatic rings. The van der Waals surface area contributed by atoms with Crippen molar-refractivity contribution in [1.29, 1.82) is 0 Å². The molecule has 2 atom stereocenters. The van der Waals surface area contributed by atoms with Gasteiger partial charge in [-0.3, -0.25) is 15.3 Å². The minimum Gasteiger partial charge on any atom is -0.493 e. The molecule has 1 aliphatic heterocycles. The number of nitrogens with zero attached hydrogens (tertiary/aromatic N) is 2. The van der Waals surface area contributed by atoms with Crippen LogP contribution in [-0.4, -0.2) is 16.6 Å². The highest BCUT2D eigenvalue weighted by Crippen LogP contribution is 2.34. The fourth-order valence-corrected chi connectivity index (χ4v) is 3.18. The first-order valence-corrected chi connectivity index (χ1v) is 8.30. The first kappa shape index (κ1) is 15.7. The van der Waals surface area contributed by atoms with Crippen LogP contribution < -0.4 is 10.1 Å². The van der Waals surface area contributed by atoms with E-state index in [2.05, 4.69) is 21.4 Å². The molecule has 0 spiro atoms. The molecule has 0 fully saturated rings. The van der Waals surface area contributed by atoms with Gasteiger partial charge >= 0.3 is 0 Å². The van der Waals surface area contributed by atoms with E-state index in [1.165, 1.54) is 12.1 Å². The molecule has 126 valence electrons. The maximum absolute atomic E-state index is 13.3. The van der Waals surface area contributed by atoms with Crippen molar-refractivity contribution >= 4 is 0 Å². The van der Waals surface area contributed by atoms with E-state index in [1.807, 2.05) is 18.2 Å². The number of hydrogen-bond donors (Lipinski definition) is 1. The molecule has 2 heterocycles. The van der Waals surface area contributed by atoms with Crippen molar-refractivity contribution in [2.45, 2.75) is 18.5 Å². The third-order valence-corrected chi connectivity index (χ3v) is 4.41. The maximum atomic E-state index is 13.3. The van der Waals surface area contributed by atoms with Crippen LogP contribution in [0.4, 0.5) is 4.39 Å². The molecule has 0 amide bonds. The van der Waals surface area contributed by atoms with Crippen molar-refractivity contribution in [3.8, 4) is 5.75 Å². The quantitative estimate of drug-likeness (QED) is 0.787. The Labute approximate surface area is 145 Å². The SMILES string of the molecule is Fc1ccc(C(NC2CCOc3ccccc32)c2cnccn2)cc1. The molecule has 0 saturated carbocycles. The van der Waals surface area contributed by atoms with Gasteiger partial charge < -0.3 is 4.74 Å². The van der Waals surface area contributed by atoms with Gasteiger partial charge in [0.25, 0.3) is 0 Å². The van der Waals surface area contributed by atoms with Gasteiger partial charge in [0, 0.05) is 30.4 Å². The zero-order chi connectivity index (χ0) is 17.1. The molecule has 4 rings (SSSR count). The van der Waals surface area contributed by atoms with Gasteiger partial charge in [0.15, 0.2) is 0 Å². The average molecular weight is 335 g/mol. The molecule has 2 aromatic carbocycles. The van der Waals surface area contributed by atoms with Crippen molar-refractivity contribution < 1.29 is 9.13 Å². The lowest BCUT2D eigenvalue weighted by Crippen LogP contribution is -2.31. The summed E-state index contributed by atoms with van der Waals surface area (Å²) in [4.78, 5) is 8.63. The highest BCUT2D eigenvalue weighted by atomic mass is 19.1. The van der Waals surface area contributed by atoms with Crippen molar-refractivity contribution in [3.05, 3.63) is 89.8 Å². The summed E-state index contributed by atoms with van der Waals surface area (Å²) in [6.45, 7) is 0.658. The summed E-state index contributed by atoms with van der Waals surface area (Å²) >= 11 is 0. The summed E-state index contributed by atoms with van der Waals surface area (Å²) in [5, 5.41) is 3.66. The van der Waals surface area contributed by atoms with Crippen LogP contribution in [0.3, 0.4) is 0 Å². The zero-order valence-corrected chi connectivity index (χ0v) is 13.6. The van der Waals surface area contributed by atoms with E-state index in [9.17, 15) is 4.39 Å². The van der Waals surface area contributed by atoms with Crippen molar-refractivity contribution in [2.75, 3.05) is 6.61 Å². The number of nitrogens with one attached hydrogen (secondary N) is 1. The van der Waals surface area contributed by atoms with Gasteiger partial charge in [0.1, 0.15) is 11.6 Å². The van der Waals surface area contributed by atoms with Gasteiger partial charge in [-0.1, -0.05) is 30.3 Å². The van der Waals surface area contributed by atoms with E-state index in [4.69, 9.17) is 4.74 Å². The Morgan fingerprint density at radius 3 is 2.72 bits per heavy atom. The van der Waals surface area contributed by atoms with Crippen LogP contribution in [0, 0.1) is 5.82 Å². The van der Waals surface area contributed by atoms with Gasteiger partial charge in [0.05, 0.1) is 24.5 Å². The first-order valence-electron chi connectivity index (χ1n) is 8.30. The van der Waals surface area contributed by atoms with Crippen molar-refractivity contribution in [3.63, 3.8) is 0 Å². The van der Waals surface area contributed by atoms with Crippen LogP contribution in [0.25, 0.3) is 0 Å². The molecule has 25 heavy (non-hydrogen) atoms. The number of benzene rings is 2. The number of fused-ring (bicyclic) bond motifs is 1. The Kier molecular flexibility index (Phi) is 4.39. The Bertz CT molecular complexity index is 839. The molecule has 0 aliphatic carbocycles. The third kappa shape index (κ3) is 3.37. The first-order chi connectivity index (χ1) is 12.3. The second-order valence-corrected chi connectivity index (χ2v) is 6.01. The van der Waals surface area contributed by atoms with Crippen LogP contribution in [0.2, 0.25) is 0 Å².